The molecule has 10 nitrogen and oxygen atoms in total. The lowest BCUT2D eigenvalue weighted by atomic mass is 10.0. The lowest BCUT2D eigenvalue weighted by molar-refractivity contribution is 0.341. The van der Waals surface area contributed by atoms with E-state index in [1.54, 1.807) is 35.8 Å². The highest BCUT2D eigenvalue weighted by Crippen LogP contribution is 2.34. The fourth-order valence-electron chi connectivity index (χ4n) is 5.14. The monoisotopic (exact) mass is 550 g/mol. The van der Waals surface area contributed by atoms with E-state index in [2.05, 4.69) is 21.9 Å². The van der Waals surface area contributed by atoms with Crippen LogP contribution in [-0.4, -0.2) is 57.0 Å². The molecule has 4 heterocycles. The van der Waals surface area contributed by atoms with Crippen molar-refractivity contribution in [1.82, 2.24) is 28.9 Å². The molecule has 1 aliphatic heterocycles. The van der Waals surface area contributed by atoms with E-state index in [9.17, 15) is 13.2 Å². The summed E-state index contributed by atoms with van der Waals surface area (Å²) in [7, 11) is -3.80. The van der Waals surface area contributed by atoms with Crippen LogP contribution in [0.4, 0.5) is 0 Å². The van der Waals surface area contributed by atoms with Gasteiger partial charge in [-0.05, 0) is 57.0 Å². The maximum absolute atomic E-state index is 13.7. The fraction of sp³-hybridized carbons (Fsp3) is 0.429. The standard InChI is InChI=1S/C28H34N6O4S/c1-4-6-7-11-25-30-19(3)26-28(35)31-27(32-34(25)26)22-17-21(12-13-24(22)38-5-2)39(36,37)33-16-14-20(18-33)23-10-8-9-15-29-23/h8-10,12-13,15,17,20H,4-7,11,14,16,18H2,1-3H3,(H,31,32,35). The van der Waals surface area contributed by atoms with Crippen molar-refractivity contribution in [3.05, 3.63) is 70.2 Å². The zero-order valence-corrected chi connectivity index (χ0v) is 23.4. The van der Waals surface area contributed by atoms with Gasteiger partial charge in [0.2, 0.25) is 10.0 Å². The Hall–Kier alpha value is -3.57. The Labute approximate surface area is 228 Å². The van der Waals surface area contributed by atoms with E-state index in [4.69, 9.17) is 9.84 Å². The van der Waals surface area contributed by atoms with Crippen molar-refractivity contribution in [1.29, 1.82) is 0 Å². The third-order valence-corrected chi connectivity index (χ3v) is 9.01. The van der Waals surface area contributed by atoms with Gasteiger partial charge in [0.25, 0.3) is 5.56 Å². The maximum atomic E-state index is 13.7. The number of rotatable bonds is 10. The molecule has 0 amide bonds. The van der Waals surface area contributed by atoms with Crippen molar-refractivity contribution < 1.29 is 13.2 Å². The number of aromatic amines is 1. The van der Waals surface area contributed by atoms with E-state index in [0.29, 0.717) is 60.9 Å². The third kappa shape index (κ3) is 5.33. The summed E-state index contributed by atoms with van der Waals surface area (Å²) in [5, 5.41) is 4.72. The fourth-order valence-corrected chi connectivity index (χ4v) is 6.67. The number of hydrogen-bond acceptors (Lipinski definition) is 7. The molecular formula is C28H34N6O4S. The average Bonchev–Trinajstić information content (AvgIpc) is 3.56. The summed E-state index contributed by atoms with van der Waals surface area (Å²) >= 11 is 0. The molecule has 1 aromatic carbocycles. The second kappa shape index (κ2) is 11.3. The molecule has 1 aliphatic rings. The lowest BCUT2D eigenvalue weighted by Crippen LogP contribution is -2.28. The van der Waals surface area contributed by atoms with Crippen LogP contribution in [-0.2, 0) is 16.4 Å². The number of nitrogens with zero attached hydrogens (tertiary/aromatic N) is 5. The molecule has 39 heavy (non-hydrogen) atoms. The van der Waals surface area contributed by atoms with Gasteiger partial charge in [0.15, 0.2) is 11.3 Å². The topological polar surface area (TPSA) is 123 Å². The van der Waals surface area contributed by atoms with Gasteiger partial charge >= 0.3 is 0 Å². The van der Waals surface area contributed by atoms with Crippen molar-refractivity contribution in [3.63, 3.8) is 0 Å². The quantitative estimate of drug-likeness (QED) is 0.295. The van der Waals surface area contributed by atoms with E-state index in [1.807, 2.05) is 25.1 Å². The van der Waals surface area contributed by atoms with Crippen molar-refractivity contribution in [2.45, 2.75) is 63.7 Å². The van der Waals surface area contributed by atoms with Gasteiger partial charge in [-0.25, -0.2) is 17.9 Å². The largest absolute Gasteiger partial charge is 0.493 e. The number of imidazole rings is 1. The van der Waals surface area contributed by atoms with E-state index in [1.165, 1.54) is 4.31 Å². The number of unbranched alkanes of at least 4 members (excludes halogenated alkanes) is 2. The van der Waals surface area contributed by atoms with Gasteiger partial charge in [-0.3, -0.25) is 9.78 Å². The molecule has 1 saturated heterocycles. The number of H-pyrrole nitrogens is 1. The first-order valence-corrected chi connectivity index (χ1v) is 14.9. The predicted molar refractivity (Wildman–Crippen MR) is 149 cm³/mol. The Balaban J connectivity index is 1.54. The van der Waals surface area contributed by atoms with Crippen LogP contribution in [0.2, 0.25) is 0 Å². The molecule has 4 aromatic rings. The van der Waals surface area contributed by atoms with Crippen molar-refractivity contribution >= 4 is 15.5 Å². The van der Waals surface area contributed by atoms with Crippen LogP contribution >= 0.6 is 0 Å². The summed E-state index contributed by atoms with van der Waals surface area (Å²) in [6, 6.07) is 10.4. The molecular weight excluding hydrogens is 516 g/mol. The van der Waals surface area contributed by atoms with E-state index in [0.717, 1.165) is 25.0 Å². The molecule has 0 saturated carbocycles. The number of fused-ring (bicyclic) bond motifs is 1. The van der Waals surface area contributed by atoms with Crippen molar-refractivity contribution in [2.24, 2.45) is 0 Å². The lowest BCUT2D eigenvalue weighted by Gasteiger charge is -2.18. The Kier molecular flexibility index (Phi) is 7.81. The van der Waals surface area contributed by atoms with Gasteiger partial charge < -0.3 is 9.72 Å². The molecule has 0 bridgehead atoms. The van der Waals surface area contributed by atoms with Gasteiger partial charge in [-0.15, -0.1) is 5.10 Å². The number of sulfonamides is 1. The van der Waals surface area contributed by atoms with Gasteiger partial charge in [0.1, 0.15) is 11.6 Å². The Bertz CT molecular complexity index is 1630. The van der Waals surface area contributed by atoms with Crippen LogP contribution in [0.5, 0.6) is 5.75 Å². The number of pyridine rings is 1. The summed E-state index contributed by atoms with van der Waals surface area (Å²) in [4.78, 5) is 25.1. The first-order chi connectivity index (χ1) is 18.8. The smallest absolute Gasteiger partial charge is 0.277 e. The van der Waals surface area contributed by atoms with Crippen LogP contribution in [0.15, 0.2) is 52.3 Å². The van der Waals surface area contributed by atoms with E-state index in [-0.39, 0.29) is 22.2 Å². The average molecular weight is 551 g/mol. The molecule has 11 heteroatoms. The van der Waals surface area contributed by atoms with Crippen LogP contribution in [0.25, 0.3) is 16.9 Å². The van der Waals surface area contributed by atoms with Gasteiger partial charge in [-0.1, -0.05) is 25.8 Å². The molecule has 1 atom stereocenters. The normalized spacial score (nSPS) is 16.2. The summed E-state index contributed by atoms with van der Waals surface area (Å²) in [5.74, 6) is 1.42. The minimum atomic E-state index is -3.80. The number of aryl methyl sites for hydroxylation is 2. The minimum absolute atomic E-state index is 0.0409. The number of ether oxygens (including phenoxy) is 1. The summed E-state index contributed by atoms with van der Waals surface area (Å²) in [5.41, 5.74) is 1.97. The first-order valence-electron chi connectivity index (χ1n) is 13.5. The Morgan fingerprint density at radius 2 is 2.00 bits per heavy atom. The number of nitrogens with one attached hydrogen (secondary N) is 1. The number of benzene rings is 1. The molecule has 1 fully saturated rings. The zero-order chi connectivity index (χ0) is 27.6. The molecule has 1 N–H and O–H groups in total. The highest BCUT2D eigenvalue weighted by Gasteiger charge is 2.34. The SMILES string of the molecule is CCCCCc1nc(C)c2c(=O)[nH]c(-c3cc(S(=O)(=O)N4CCC(c5ccccn5)C4)ccc3OCC)nn12. The second-order valence-electron chi connectivity index (χ2n) is 9.83. The number of aromatic nitrogens is 5. The zero-order valence-electron chi connectivity index (χ0n) is 22.6. The Morgan fingerprint density at radius 1 is 1.15 bits per heavy atom. The molecule has 0 aliphatic carbocycles. The molecule has 3 aromatic heterocycles. The highest BCUT2D eigenvalue weighted by molar-refractivity contribution is 7.89. The van der Waals surface area contributed by atoms with Crippen LogP contribution in [0.1, 0.15) is 62.7 Å². The summed E-state index contributed by atoms with van der Waals surface area (Å²) < 4.78 is 36.3. The van der Waals surface area contributed by atoms with E-state index >= 15 is 0 Å². The van der Waals surface area contributed by atoms with Gasteiger partial charge in [0, 0.05) is 37.3 Å². The summed E-state index contributed by atoms with van der Waals surface area (Å²) in [6.07, 6.45) is 6.18. The summed E-state index contributed by atoms with van der Waals surface area (Å²) in [6.45, 7) is 6.91. The second-order valence-corrected chi connectivity index (χ2v) is 11.8. The molecule has 1 unspecified atom stereocenters. The molecule has 0 spiro atoms. The van der Waals surface area contributed by atoms with Crippen LogP contribution < -0.4 is 10.3 Å². The van der Waals surface area contributed by atoms with E-state index < -0.39 is 10.0 Å². The Morgan fingerprint density at radius 3 is 2.74 bits per heavy atom. The van der Waals surface area contributed by atoms with Gasteiger partial charge in [0.05, 0.1) is 22.8 Å². The van der Waals surface area contributed by atoms with Crippen LogP contribution in [0, 0.1) is 6.92 Å². The predicted octanol–water partition coefficient (Wildman–Crippen LogP) is 4.10. The molecule has 0 radical (unpaired) electrons. The molecule has 206 valence electrons. The first kappa shape index (κ1) is 27.0. The maximum Gasteiger partial charge on any atom is 0.277 e. The minimum Gasteiger partial charge on any atom is -0.493 e. The van der Waals surface area contributed by atoms with Crippen molar-refractivity contribution in [2.75, 3.05) is 19.7 Å². The number of hydrogen-bond donors (Lipinski definition) is 1. The van der Waals surface area contributed by atoms with Crippen molar-refractivity contribution in [3.8, 4) is 17.1 Å². The molecule has 5 rings (SSSR count). The third-order valence-electron chi connectivity index (χ3n) is 7.15. The highest BCUT2D eigenvalue weighted by atomic mass is 32.2. The van der Waals surface area contributed by atoms with Crippen LogP contribution in [0.3, 0.4) is 0 Å². The van der Waals surface area contributed by atoms with Gasteiger partial charge in [-0.2, -0.15) is 4.31 Å².